The lowest BCUT2D eigenvalue weighted by Crippen LogP contribution is -2.10. The van der Waals surface area contributed by atoms with E-state index >= 15 is 0 Å². The van der Waals surface area contributed by atoms with Crippen LogP contribution in [0.1, 0.15) is 0 Å². The Morgan fingerprint density at radius 1 is 0.328 bits per heavy atom. The highest BCUT2D eigenvalue weighted by Crippen LogP contribution is 2.46. The molecule has 0 unspecified atom stereocenters. The second-order valence-electron chi connectivity index (χ2n) is 15.3. The molecule has 1 nitrogen and oxygen atoms in total. The number of rotatable bonds is 9. The number of anilines is 3. The fraction of sp³-hybridized carbons (Fsp3) is 0. The summed E-state index contributed by atoms with van der Waals surface area (Å²) in [6.45, 7) is 0. The molecule has 0 aliphatic carbocycles. The lowest BCUT2D eigenvalue weighted by molar-refractivity contribution is 1.26. The van der Waals surface area contributed by atoms with Crippen LogP contribution in [0.4, 0.5) is 17.1 Å². The zero-order valence-electron chi connectivity index (χ0n) is 33.3. The van der Waals surface area contributed by atoms with Crippen LogP contribution in [0.15, 0.2) is 246 Å². The van der Waals surface area contributed by atoms with Crippen molar-refractivity contribution in [1.29, 1.82) is 0 Å². The number of nitrogens with zero attached hydrogens (tertiary/aromatic N) is 1. The minimum Gasteiger partial charge on any atom is -0.310 e. The van der Waals surface area contributed by atoms with E-state index in [9.17, 15) is 0 Å². The fourth-order valence-corrected chi connectivity index (χ4v) is 10.7. The molecule has 1 heterocycles. The molecule has 11 aromatic rings. The molecule has 11 rings (SSSR count). The molecule has 0 saturated carbocycles. The van der Waals surface area contributed by atoms with Crippen LogP contribution in [0.2, 0.25) is 0 Å². The molecule has 0 aliphatic heterocycles. The third kappa shape index (κ3) is 7.19. The van der Waals surface area contributed by atoms with Crippen LogP contribution in [-0.2, 0) is 0 Å². The molecule has 288 valence electrons. The summed E-state index contributed by atoms with van der Waals surface area (Å²) in [5.74, 6) is 0. The summed E-state index contributed by atoms with van der Waals surface area (Å²) < 4.78 is 2.58. The number of thiophene rings is 1. The zero-order valence-corrected chi connectivity index (χ0v) is 34.9. The van der Waals surface area contributed by atoms with Crippen molar-refractivity contribution in [2.24, 2.45) is 0 Å². The fourth-order valence-electron chi connectivity index (χ4n) is 8.59. The molecule has 0 radical (unpaired) electrons. The van der Waals surface area contributed by atoms with Gasteiger partial charge in [0.1, 0.15) is 0 Å². The molecule has 0 saturated heterocycles. The standard InChI is InChI=1S/C58H39NS2/c1-5-15-40(16-6-1)45-28-34-53-54-38-47(32-36-55(54)61-56(53)37-45)59(48-31-35-50(41-17-7-2-8-18-41)57(39-48)60-49-22-11-4-12-23-49)46-29-25-43(26-30-46)52-33-27-42-19-13-14-24-51(42)58(52)44-20-9-3-10-21-44/h1-39H. The molecule has 10 aromatic carbocycles. The topological polar surface area (TPSA) is 3.24 Å². The molecular weight excluding hydrogens is 775 g/mol. The van der Waals surface area contributed by atoms with E-state index in [0.717, 1.165) is 17.1 Å². The van der Waals surface area contributed by atoms with Gasteiger partial charge in [-0.25, -0.2) is 0 Å². The molecule has 0 amide bonds. The van der Waals surface area contributed by atoms with E-state index in [1.54, 1.807) is 0 Å². The lowest BCUT2D eigenvalue weighted by Gasteiger charge is -2.27. The van der Waals surface area contributed by atoms with E-state index in [0.29, 0.717) is 0 Å². The highest BCUT2D eigenvalue weighted by atomic mass is 32.2. The average Bonchev–Trinajstić information content (AvgIpc) is 3.70. The summed E-state index contributed by atoms with van der Waals surface area (Å²) in [5.41, 5.74) is 13.1. The van der Waals surface area contributed by atoms with Gasteiger partial charge < -0.3 is 4.90 Å². The van der Waals surface area contributed by atoms with Gasteiger partial charge in [-0.3, -0.25) is 0 Å². The molecule has 1 aromatic heterocycles. The van der Waals surface area contributed by atoms with Gasteiger partial charge in [0.25, 0.3) is 0 Å². The van der Waals surface area contributed by atoms with Crippen molar-refractivity contribution in [1.82, 2.24) is 0 Å². The number of hydrogen-bond acceptors (Lipinski definition) is 3. The Morgan fingerprint density at radius 3 is 1.66 bits per heavy atom. The van der Waals surface area contributed by atoms with Crippen LogP contribution < -0.4 is 4.90 Å². The Balaban J connectivity index is 1.07. The van der Waals surface area contributed by atoms with Gasteiger partial charge >= 0.3 is 0 Å². The summed E-state index contributed by atoms with van der Waals surface area (Å²) in [6, 6.07) is 86.1. The summed E-state index contributed by atoms with van der Waals surface area (Å²) in [5, 5.41) is 5.04. The number of hydrogen-bond donors (Lipinski definition) is 0. The van der Waals surface area contributed by atoms with Gasteiger partial charge in [-0.15, -0.1) is 11.3 Å². The van der Waals surface area contributed by atoms with Gasteiger partial charge in [-0.1, -0.05) is 188 Å². The van der Waals surface area contributed by atoms with Gasteiger partial charge in [0.2, 0.25) is 0 Å². The van der Waals surface area contributed by atoms with Crippen molar-refractivity contribution in [3.8, 4) is 44.5 Å². The van der Waals surface area contributed by atoms with Crippen LogP contribution in [0, 0.1) is 0 Å². The number of fused-ring (bicyclic) bond motifs is 4. The Morgan fingerprint density at radius 2 is 0.902 bits per heavy atom. The van der Waals surface area contributed by atoms with Crippen LogP contribution >= 0.6 is 23.1 Å². The zero-order chi connectivity index (χ0) is 40.5. The van der Waals surface area contributed by atoms with E-state index in [1.807, 2.05) is 23.1 Å². The quantitative estimate of drug-likeness (QED) is 0.143. The third-order valence-electron chi connectivity index (χ3n) is 11.5. The summed E-state index contributed by atoms with van der Waals surface area (Å²) in [7, 11) is 0. The molecule has 61 heavy (non-hydrogen) atoms. The first-order valence-electron chi connectivity index (χ1n) is 20.7. The van der Waals surface area contributed by atoms with Crippen molar-refractivity contribution in [3.63, 3.8) is 0 Å². The molecule has 0 N–H and O–H groups in total. The summed E-state index contributed by atoms with van der Waals surface area (Å²) >= 11 is 3.68. The summed E-state index contributed by atoms with van der Waals surface area (Å²) in [4.78, 5) is 4.84. The first kappa shape index (κ1) is 36.9. The maximum atomic E-state index is 2.42. The number of benzene rings is 10. The van der Waals surface area contributed by atoms with Crippen LogP contribution in [0.25, 0.3) is 75.5 Å². The monoisotopic (exact) mass is 813 g/mol. The minimum atomic E-state index is 1.10. The highest BCUT2D eigenvalue weighted by molar-refractivity contribution is 7.99. The minimum absolute atomic E-state index is 1.10. The maximum Gasteiger partial charge on any atom is 0.0473 e. The summed E-state index contributed by atoms with van der Waals surface area (Å²) in [6.07, 6.45) is 0. The Bertz CT molecular complexity index is 3300. The van der Waals surface area contributed by atoms with E-state index in [4.69, 9.17) is 0 Å². The molecule has 0 fully saturated rings. The van der Waals surface area contributed by atoms with Crippen molar-refractivity contribution in [2.45, 2.75) is 9.79 Å². The Labute approximate surface area is 364 Å². The second-order valence-corrected chi connectivity index (χ2v) is 17.5. The largest absolute Gasteiger partial charge is 0.310 e. The van der Waals surface area contributed by atoms with Gasteiger partial charge in [0, 0.05) is 47.0 Å². The van der Waals surface area contributed by atoms with Crippen molar-refractivity contribution < 1.29 is 0 Å². The predicted molar refractivity (Wildman–Crippen MR) is 264 cm³/mol. The van der Waals surface area contributed by atoms with E-state index < -0.39 is 0 Å². The maximum absolute atomic E-state index is 2.42. The van der Waals surface area contributed by atoms with Gasteiger partial charge in [-0.2, -0.15) is 0 Å². The first-order valence-corrected chi connectivity index (χ1v) is 22.3. The second kappa shape index (κ2) is 16.1. The Hall–Kier alpha value is -7.17. The van der Waals surface area contributed by atoms with Crippen molar-refractivity contribution in [2.75, 3.05) is 4.90 Å². The van der Waals surface area contributed by atoms with Crippen LogP contribution in [-0.4, -0.2) is 0 Å². The molecule has 0 aliphatic rings. The highest BCUT2D eigenvalue weighted by Gasteiger charge is 2.19. The van der Waals surface area contributed by atoms with E-state index in [2.05, 4.69) is 241 Å². The van der Waals surface area contributed by atoms with Crippen LogP contribution in [0.3, 0.4) is 0 Å². The third-order valence-corrected chi connectivity index (χ3v) is 13.7. The average molecular weight is 814 g/mol. The Kier molecular flexibility index (Phi) is 9.74. The van der Waals surface area contributed by atoms with E-state index in [1.165, 1.54) is 85.2 Å². The van der Waals surface area contributed by atoms with Gasteiger partial charge in [0.05, 0.1) is 0 Å². The van der Waals surface area contributed by atoms with Crippen molar-refractivity contribution in [3.05, 3.63) is 237 Å². The smallest absolute Gasteiger partial charge is 0.0473 e. The van der Waals surface area contributed by atoms with Gasteiger partial charge in [-0.05, 0) is 116 Å². The SMILES string of the molecule is c1ccc(Sc2cc(N(c3ccc(-c4ccc5ccccc5c4-c4ccccc4)cc3)c3ccc4sc5cc(-c6ccccc6)ccc5c4c3)ccc2-c2ccccc2)cc1. The molecular formula is C58H39NS2. The van der Waals surface area contributed by atoms with Crippen LogP contribution in [0.5, 0.6) is 0 Å². The molecule has 0 spiro atoms. The predicted octanol–water partition coefficient (Wildman–Crippen LogP) is 17.5. The first-order chi connectivity index (χ1) is 30.2. The lowest BCUT2D eigenvalue weighted by atomic mass is 9.90. The molecule has 0 atom stereocenters. The van der Waals surface area contributed by atoms with Gasteiger partial charge in [0.15, 0.2) is 0 Å². The normalized spacial score (nSPS) is 11.3. The van der Waals surface area contributed by atoms with E-state index in [-0.39, 0.29) is 0 Å². The molecule has 3 heteroatoms. The van der Waals surface area contributed by atoms with Crippen molar-refractivity contribution >= 4 is 71.1 Å². The molecule has 0 bridgehead atoms.